The van der Waals surface area contributed by atoms with E-state index in [1.165, 1.54) is 0 Å². The van der Waals surface area contributed by atoms with Crippen molar-refractivity contribution in [2.75, 3.05) is 11.9 Å². The van der Waals surface area contributed by atoms with Gasteiger partial charge in [-0.2, -0.15) is 5.10 Å². The lowest BCUT2D eigenvalue weighted by molar-refractivity contribution is -0.140. The van der Waals surface area contributed by atoms with E-state index in [4.69, 9.17) is 26.8 Å². The summed E-state index contributed by atoms with van der Waals surface area (Å²) in [5.74, 6) is -1.18. The van der Waals surface area contributed by atoms with Crippen molar-refractivity contribution in [3.05, 3.63) is 81.8 Å². The molecule has 0 saturated carbocycles. The third-order valence-electron chi connectivity index (χ3n) is 5.68. The highest BCUT2D eigenvalue weighted by molar-refractivity contribution is 6.31. The average Bonchev–Trinajstić information content (AvgIpc) is 3.24. The number of carbonyl (C=O) groups excluding carboxylic acids is 2. The molecule has 3 heterocycles. The molecule has 3 aromatic rings. The Morgan fingerprint density at radius 3 is 2.75 bits per heavy atom. The number of benzene rings is 2. The van der Waals surface area contributed by atoms with Crippen LogP contribution >= 0.6 is 11.6 Å². The van der Waals surface area contributed by atoms with Gasteiger partial charge in [-0.15, -0.1) is 0 Å². The molecule has 3 N–H and O–H groups in total. The number of amides is 1. The molecule has 0 fully saturated rings. The number of ether oxygens (including phenoxy) is 2. The third-order valence-corrected chi connectivity index (χ3v) is 5.91. The molecule has 0 bridgehead atoms. The molecule has 9 heteroatoms. The molecule has 0 unspecified atom stereocenters. The van der Waals surface area contributed by atoms with Gasteiger partial charge in [0.05, 0.1) is 23.6 Å². The Balaban J connectivity index is 1.89. The number of aryl methyl sites for hydroxylation is 1. The number of aromatic nitrogens is 2. The summed E-state index contributed by atoms with van der Waals surface area (Å²) in [4.78, 5) is 26.8. The van der Waals surface area contributed by atoms with Gasteiger partial charge in [0.1, 0.15) is 11.0 Å². The zero-order valence-corrected chi connectivity index (χ0v) is 18.1. The normalized spacial score (nSPS) is 18.8. The fourth-order valence-electron chi connectivity index (χ4n) is 4.47. The van der Waals surface area contributed by atoms with Crippen LogP contribution in [-0.2, 0) is 19.7 Å². The third kappa shape index (κ3) is 2.59. The number of hydrogen-bond donors (Lipinski definition) is 2. The van der Waals surface area contributed by atoms with Crippen molar-refractivity contribution in [3.63, 3.8) is 0 Å². The lowest BCUT2D eigenvalue weighted by Gasteiger charge is -2.34. The Labute approximate surface area is 188 Å². The van der Waals surface area contributed by atoms with Gasteiger partial charge in [0.25, 0.3) is 0 Å². The lowest BCUT2D eigenvalue weighted by atomic mass is 9.68. The number of esters is 1. The van der Waals surface area contributed by atoms with E-state index >= 15 is 0 Å². The summed E-state index contributed by atoms with van der Waals surface area (Å²) in [5, 5.41) is 7.90. The molecule has 1 spiro atoms. The van der Waals surface area contributed by atoms with E-state index < -0.39 is 17.3 Å². The lowest BCUT2D eigenvalue weighted by Crippen LogP contribution is -2.46. The Kier molecular flexibility index (Phi) is 4.49. The Bertz CT molecular complexity index is 1320. The Morgan fingerprint density at radius 1 is 1.28 bits per heavy atom. The van der Waals surface area contributed by atoms with Crippen LogP contribution in [0.3, 0.4) is 0 Å². The number of halogens is 1. The first kappa shape index (κ1) is 20.1. The van der Waals surface area contributed by atoms with Gasteiger partial charge in [-0.25, -0.2) is 9.48 Å². The van der Waals surface area contributed by atoms with E-state index in [1.54, 1.807) is 36.7 Å². The van der Waals surface area contributed by atoms with Crippen LogP contribution in [0.4, 0.5) is 5.69 Å². The number of hydrogen-bond acceptors (Lipinski definition) is 6. The van der Waals surface area contributed by atoms with Gasteiger partial charge >= 0.3 is 5.97 Å². The zero-order chi connectivity index (χ0) is 22.6. The standard InChI is InChI=1S/C23H19ClN4O4/c1-3-31-21(29)18-19(25)32-20-17(12(2)27-28(20)14-7-5-4-6-8-14)23(18)15-11-13(24)9-10-16(15)26-22(23)30/h4-11H,3,25H2,1-2H3,(H,26,30)/t23-/m1/s1. The van der Waals surface area contributed by atoms with Crippen molar-refractivity contribution in [2.45, 2.75) is 19.3 Å². The minimum Gasteiger partial charge on any atom is -0.462 e. The number of para-hydroxylation sites is 1. The molecule has 5 rings (SSSR count). The summed E-state index contributed by atoms with van der Waals surface area (Å²) in [5.41, 5.74) is 7.21. The van der Waals surface area contributed by atoms with Gasteiger partial charge in [-0.1, -0.05) is 29.8 Å². The van der Waals surface area contributed by atoms with Crippen LogP contribution in [0.15, 0.2) is 60.0 Å². The second-order valence-corrected chi connectivity index (χ2v) is 7.91. The highest BCUT2D eigenvalue weighted by Crippen LogP contribution is 2.55. The predicted molar refractivity (Wildman–Crippen MR) is 118 cm³/mol. The van der Waals surface area contributed by atoms with Crippen molar-refractivity contribution in [2.24, 2.45) is 5.73 Å². The summed E-state index contributed by atoms with van der Waals surface area (Å²) in [6, 6.07) is 14.3. The summed E-state index contributed by atoms with van der Waals surface area (Å²) in [6.07, 6.45) is 0. The molecule has 0 radical (unpaired) electrons. The summed E-state index contributed by atoms with van der Waals surface area (Å²) in [6.45, 7) is 3.53. The first-order valence-electron chi connectivity index (χ1n) is 10.0. The number of nitrogens with two attached hydrogens (primary N) is 1. The maximum Gasteiger partial charge on any atom is 0.341 e. The monoisotopic (exact) mass is 450 g/mol. The molecule has 2 aromatic carbocycles. The highest BCUT2D eigenvalue weighted by atomic mass is 35.5. The van der Waals surface area contributed by atoms with E-state index in [9.17, 15) is 9.59 Å². The maximum atomic E-state index is 13.7. The smallest absolute Gasteiger partial charge is 0.341 e. The van der Waals surface area contributed by atoms with Crippen molar-refractivity contribution in [3.8, 4) is 11.6 Å². The molecular weight excluding hydrogens is 432 g/mol. The summed E-state index contributed by atoms with van der Waals surface area (Å²) < 4.78 is 12.8. The van der Waals surface area contributed by atoms with Gasteiger partial charge in [-0.05, 0) is 44.2 Å². The van der Waals surface area contributed by atoms with Crippen LogP contribution in [0, 0.1) is 6.92 Å². The molecule has 0 aliphatic carbocycles. The molecule has 1 amide bonds. The largest absolute Gasteiger partial charge is 0.462 e. The molecular formula is C23H19ClN4O4. The fraction of sp³-hybridized carbons (Fsp3) is 0.174. The molecule has 32 heavy (non-hydrogen) atoms. The minimum absolute atomic E-state index is 0.0962. The van der Waals surface area contributed by atoms with Crippen molar-refractivity contribution >= 4 is 29.2 Å². The van der Waals surface area contributed by atoms with Crippen LogP contribution < -0.4 is 15.8 Å². The van der Waals surface area contributed by atoms with Gasteiger partial charge in [0, 0.05) is 16.3 Å². The number of rotatable bonds is 3. The number of fused-ring (bicyclic) bond motifs is 4. The van der Waals surface area contributed by atoms with Crippen molar-refractivity contribution in [1.82, 2.24) is 9.78 Å². The summed E-state index contributed by atoms with van der Waals surface area (Å²) in [7, 11) is 0. The van der Waals surface area contributed by atoms with Crippen molar-refractivity contribution < 1.29 is 19.1 Å². The van der Waals surface area contributed by atoms with Gasteiger partial charge in [0.2, 0.25) is 17.7 Å². The molecule has 0 saturated heterocycles. The first-order chi connectivity index (χ1) is 15.4. The number of carbonyl (C=O) groups is 2. The quantitative estimate of drug-likeness (QED) is 0.593. The van der Waals surface area contributed by atoms with Gasteiger partial charge in [-0.3, -0.25) is 4.79 Å². The van der Waals surface area contributed by atoms with Crippen molar-refractivity contribution in [1.29, 1.82) is 0 Å². The molecule has 162 valence electrons. The topological polar surface area (TPSA) is 108 Å². The van der Waals surface area contributed by atoms with E-state index in [0.717, 1.165) is 0 Å². The molecule has 1 atom stereocenters. The van der Waals surface area contributed by atoms with Crippen LogP contribution in [-0.4, -0.2) is 28.3 Å². The Morgan fingerprint density at radius 2 is 2.03 bits per heavy atom. The second kappa shape index (κ2) is 7.13. The Hall–Kier alpha value is -3.78. The molecule has 8 nitrogen and oxygen atoms in total. The SMILES string of the molecule is CCOC(=O)C1=C(N)Oc2c(c(C)nn2-c2ccccc2)[C@@]12C(=O)Nc1ccc(Cl)cc12. The molecule has 2 aliphatic rings. The van der Waals surface area contributed by atoms with E-state index in [2.05, 4.69) is 10.4 Å². The van der Waals surface area contributed by atoms with E-state index in [0.29, 0.717) is 33.2 Å². The van der Waals surface area contributed by atoms with Crippen LogP contribution in [0.25, 0.3) is 5.69 Å². The van der Waals surface area contributed by atoms with Crippen LogP contribution in [0.2, 0.25) is 5.02 Å². The van der Waals surface area contributed by atoms with E-state index in [-0.39, 0.29) is 23.9 Å². The van der Waals surface area contributed by atoms with E-state index in [1.807, 2.05) is 30.3 Å². The predicted octanol–water partition coefficient (Wildman–Crippen LogP) is 3.20. The highest BCUT2D eigenvalue weighted by Gasteiger charge is 2.60. The van der Waals surface area contributed by atoms with Crippen LogP contribution in [0.1, 0.15) is 23.7 Å². The van der Waals surface area contributed by atoms with Gasteiger partial charge < -0.3 is 20.5 Å². The number of nitrogens with zero attached hydrogens (tertiary/aromatic N) is 2. The van der Waals surface area contributed by atoms with Crippen LogP contribution in [0.5, 0.6) is 5.88 Å². The average molecular weight is 451 g/mol. The summed E-state index contributed by atoms with van der Waals surface area (Å²) >= 11 is 6.31. The zero-order valence-electron chi connectivity index (χ0n) is 17.3. The minimum atomic E-state index is -1.62. The first-order valence-corrected chi connectivity index (χ1v) is 10.4. The number of nitrogens with one attached hydrogen (secondary N) is 1. The molecule has 1 aromatic heterocycles. The second-order valence-electron chi connectivity index (χ2n) is 7.47. The van der Waals surface area contributed by atoms with Gasteiger partial charge in [0.15, 0.2) is 0 Å². The molecule has 2 aliphatic heterocycles. The maximum absolute atomic E-state index is 13.7. The number of anilines is 1. The fourth-order valence-corrected chi connectivity index (χ4v) is 4.64.